The Hall–Kier alpha value is -3.88. The highest BCUT2D eigenvalue weighted by Crippen LogP contribution is 2.36. The molecule has 178 valence electrons. The van der Waals surface area contributed by atoms with Crippen LogP contribution in [0.5, 0.6) is 17.4 Å². The van der Waals surface area contributed by atoms with Gasteiger partial charge in [0, 0.05) is 35.9 Å². The summed E-state index contributed by atoms with van der Waals surface area (Å²) in [7, 11) is 1.52. The van der Waals surface area contributed by atoms with Crippen molar-refractivity contribution < 1.29 is 28.1 Å². The van der Waals surface area contributed by atoms with E-state index in [9.17, 15) is 4.79 Å². The summed E-state index contributed by atoms with van der Waals surface area (Å²) in [5, 5.41) is 0.543. The van der Waals surface area contributed by atoms with Crippen molar-refractivity contribution in [3.8, 4) is 17.4 Å². The fraction of sp³-hybridized carbons (Fsp3) is 0.320. The van der Waals surface area contributed by atoms with E-state index < -0.39 is 5.83 Å². The molecule has 9 heteroatoms. The Morgan fingerprint density at radius 3 is 2.85 bits per heavy atom. The van der Waals surface area contributed by atoms with Crippen LogP contribution in [0.3, 0.4) is 0 Å². The highest BCUT2D eigenvalue weighted by molar-refractivity contribution is 5.87. The number of hydrogen-bond acceptors (Lipinski definition) is 7. The first-order valence-electron chi connectivity index (χ1n) is 11.0. The summed E-state index contributed by atoms with van der Waals surface area (Å²) in [4.78, 5) is 23.2. The lowest BCUT2D eigenvalue weighted by Crippen LogP contribution is -2.07. The first-order valence-corrected chi connectivity index (χ1v) is 11.0. The molecule has 1 aromatic carbocycles. The maximum absolute atomic E-state index is 15.2. The molecule has 0 spiro atoms. The number of aryl methyl sites for hydroxylation is 1. The fourth-order valence-electron chi connectivity index (χ4n) is 3.70. The lowest BCUT2D eigenvalue weighted by Gasteiger charge is -2.13. The van der Waals surface area contributed by atoms with Gasteiger partial charge in [-0.3, -0.25) is 4.79 Å². The molecule has 0 radical (unpaired) electrons. The quantitative estimate of drug-likeness (QED) is 0.356. The van der Waals surface area contributed by atoms with E-state index in [2.05, 4.69) is 15.0 Å². The molecule has 3 aromatic rings. The molecular formula is C25H26FN3O5. The van der Waals surface area contributed by atoms with Crippen LogP contribution < -0.4 is 14.2 Å². The molecule has 2 aromatic heterocycles. The molecular weight excluding hydrogens is 441 g/mol. The maximum Gasteiger partial charge on any atom is 0.305 e. The molecule has 4 rings (SSSR count). The van der Waals surface area contributed by atoms with E-state index in [1.165, 1.54) is 13.4 Å². The molecule has 0 saturated carbocycles. The van der Waals surface area contributed by atoms with Crippen molar-refractivity contribution in [3.05, 3.63) is 59.4 Å². The predicted molar refractivity (Wildman–Crippen MR) is 124 cm³/mol. The van der Waals surface area contributed by atoms with Crippen molar-refractivity contribution >= 4 is 22.7 Å². The first-order chi connectivity index (χ1) is 16.5. The number of nitrogens with one attached hydrogen (secondary N) is 1. The SMILES string of the molecule is CCOC(=O)CCCOc1cc2ncnc(OC3=C(F)c4cc(C)[nH]c4CC=C3)c2cc1OC. The Kier molecular flexibility index (Phi) is 7.10. The van der Waals surface area contributed by atoms with Crippen molar-refractivity contribution in [2.75, 3.05) is 20.3 Å². The van der Waals surface area contributed by atoms with Crippen molar-refractivity contribution in [1.29, 1.82) is 0 Å². The van der Waals surface area contributed by atoms with Gasteiger partial charge in [0.1, 0.15) is 6.33 Å². The molecule has 1 aliphatic carbocycles. The summed E-state index contributed by atoms with van der Waals surface area (Å²) in [6, 6.07) is 5.15. The number of carbonyl (C=O) groups excluding carboxylic acids is 1. The van der Waals surface area contributed by atoms with Gasteiger partial charge in [-0.1, -0.05) is 6.08 Å². The highest BCUT2D eigenvalue weighted by atomic mass is 19.1. The zero-order valence-corrected chi connectivity index (χ0v) is 19.3. The molecule has 0 unspecified atom stereocenters. The number of esters is 1. The molecule has 8 nitrogen and oxygen atoms in total. The number of fused-ring (bicyclic) bond motifs is 2. The molecule has 34 heavy (non-hydrogen) atoms. The summed E-state index contributed by atoms with van der Waals surface area (Å²) < 4.78 is 37.4. The van der Waals surface area contributed by atoms with Gasteiger partial charge in [-0.25, -0.2) is 14.4 Å². The van der Waals surface area contributed by atoms with Gasteiger partial charge >= 0.3 is 5.97 Å². The zero-order valence-electron chi connectivity index (χ0n) is 19.3. The molecule has 0 bridgehead atoms. The maximum atomic E-state index is 15.2. The lowest BCUT2D eigenvalue weighted by molar-refractivity contribution is -0.143. The minimum absolute atomic E-state index is 0.0657. The molecule has 1 aliphatic rings. The summed E-state index contributed by atoms with van der Waals surface area (Å²) in [5.74, 6) is 0.447. The van der Waals surface area contributed by atoms with Crippen LogP contribution in [-0.4, -0.2) is 41.2 Å². The van der Waals surface area contributed by atoms with Gasteiger partial charge in [-0.05, 0) is 38.5 Å². The number of methoxy groups -OCH3 is 1. The molecule has 0 saturated heterocycles. The normalized spacial score (nSPS) is 12.9. The smallest absolute Gasteiger partial charge is 0.305 e. The van der Waals surface area contributed by atoms with E-state index in [4.69, 9.17) is 18.9 Å². The number of carbonyl (C=O) groups is 1. The molecule has 2 heterocycles. The summed E-state index contributed by atoms with van der Waals surface area (Å²) in [6.45, 7) is 4.30. The molecule has 1 N–H and O–H groups in total. The number of halogens is 1. The number of hydrogen-bond donors (Lipinski definition) is 1. The van der Waals surface area contributed by atoms with Gasteiger partial charge in [-0.2, -0.15) is 0 Å². The highest BCUT2D eigenvalue weighted by Gasteiger charge is 2.20. The number of H-pyrrole nitrogens is 1. The van der Waals surface area contributed by atoms with Crippen LogP contribution in [0.4, 0.5) is 4.39 Å². The van der Waals surface area contributed by atoms with Gasteiger partial charge in [0.05, 0.1) is 31.2 Å². The molecule has 0 amide bonds. The minimum Gasteiger partial charge on any atom is -0.493 e. The zero-order chi connectivity index (χ0) is 24.1. The summed E-state index contributed by atoms with van der Waals surface area (Å²) in [5.41, 5.74) is 2.69. The Bertz CT molecular complexity index is 1260. The van der Waals surface area contributed by atoms with Gasteiger partial charge in [0.25, 0.3) is 0 Å². The third kappa shape index (κ3) is 5.03. The van der Waals surface area contributed by atoms with E-state index in [1.54, 1.807) is 31.2 Å². The summed E-state index contributed by atoms with van der Waals surface area (Å²) >= 11 is 0. The van der Waals surface area contributed by atoms with E-state index in [0.29, 0.717) is 54.0 Å². The lowest BCUT2D eigenvalue weighted by atomic mass is 10.2. The van der Waals surface area contributed by atoms with Crippen LogP contribution in [0.25, 0.3) is 16.7 Å². The number of aromatic amines is 1. The van der Waals surface area contributed by atoms with Crippen LogP contribution in [-0.2, 0) is 16.0 Å². The van der Waals surface area contributed by atoms with E-state index in [0.717, 1.165) is 11.4 Å². The third-order valence-electron chi connectivity index (χ3n) is 5.26. The second-order valence-corrected chi connectivity index (χ2v) is 7.69. The molecule has 0 atom stereocenters. The minimum atomic E-state index is -0.464. The average Bonchev–Trinajstić information content (AvgIpc) is 3.14. The van der Waals surface area contributed by atoms with E-state index in [1.807, 2.05) is 13.0 Å². The standard InChI is InChI=1S/C25H26FN3O5/c1-4-32-23(30)9-6-10-33-22-13-19-17(12-21(22)31-3)25(28-14-27-19)34-20-8-5-7-18-16(24(20)26)11-15(2)29-18/h5,8,11-14,29H,4,6-7,9-10H2,1-3H3. The second kappa shape index (κ2) is 10.4. The van der Waals surface area contributed by atoms with Crippen molar-refractivity contribution in [3.63, 3.8) is 0 Å². The van der Waals surface area contributed by atoms with Gasteiger partial charge < -0.3 is 23.9 Å². The Labute approximate surface area is 196 Å². The predicted octanol–water partition coefficient (Wildman–Crippen LogP) is 4.83. The number of aromatic nitrogens is 3. The van der Waals surface area contributed by atoms with Crippen molar-refractivity contribution in [1.82, 2.24) is 15.0 Å². The van der Waals surface area contributed by atoms with Gasteiger partial charge in [0.15, 0.2) is 23.1 Å². The second-order valence-electron chi connectivity index (χ2n) is 7.69. The third-order valence-corrected chi connectivity index (χ3v) is 5.26. The van der Waals surface area contributed by atoms with E-state index >= 15 is 4.39 Å². The van der Waals surface area contributed by atoms with E-state index in [-0.39, 0.29) is 24.0 Å². The number of nitrogens with zero attached hydrogens (tertiary/aromatic N) is 2. The van der Waals surface area contributed by atoms with Gasteiger partial charge in [-0.15, -0.1) is 0 Å². The topological polar surface area (TPSA) is 95.6 Å². The Morgan fingerprint density at radius 1 is 1.21 bits per heavy atom. The fourth-order valence-corrected chi connectivity index (χ4v) is 3.70. The molecule has 0 fully saturated rings. The Balaban J connectivity index is 1.58. The number of ether oxygens (including phenoxy) is 4. The number of allylic oxidation sites excluding steroid dienone is 2. The largest absolute Gasteiger partial charge is 0.493 e. The van der Waals surface area contributed by atoms with Gasteiger partial charge in [0.2, 0.25) is 5.88 Å². The average molecular weight is 467 g/mol. The monoisotopic (exact) mass is 467 g/mol. The summed E-state index contributed by atoms with van der Waals surface area (Å²) in [6.07, 6.45) is 6.12. The van der Waals surface area contributed by atoms with Crippen LogP contribution in [0, 0.1) is 6.92 Å². The van der Waals surface area contributed by atoms with Crippen molar-refractivity contribution in [2.45, 2.75) is 33.1 Å². The van der Waals surface area contributed by atoms with Crippen LogP contribution in [0.1, 0.15) is 36.7 Å². The number of benzene rings is 1. The Morgan fingerprint density at radius 2 is 2.06 bits per heavy atom. The first kappa shape index (κ1) is 23.3. The van der Waals surface area contributed by atoms with Crippen LogP contribution >= 0.6 is 0 Å². The van der Waals surface area contributed by atoms with Crippen LogP contribution in [0.15, 0.2) is 42.4 Å². The molecule has 0 aliphatic heterocycles. The number of rotatable bonds is 9. The van der Waals surface area contributed by atoms with Crippen LogP contribution in [0.2, 0.25) is 0 Å². The van der Waals surface area contributed by atoms with Crippen molar-refractivity contribution in [2.24, 2.45) is 0 Å².